The molecule has 12 heavy (non-hydrogen) atoms. The van der Waals surface area contributed by atoms with E-state index in [9.17, 15) is 12.3 Å². The molecule has 1 rings (SSSR count). The third kappa shape index (κ3) is 1.59. The summed E-state index contributed by atoms with van der Waals surface area (Å²) in [6.45, 7) is 1.61. The van der Waals surface area contributed by atoms with E-state index in [4.69, 9.17) is 11.6 Å². The second kappa shape index (κ2) is 3.02. The van der Waals surface area contributed by atoms with Crippen LogP contribution in [-0.2, 0) is 16.6 Å². The number of halogens is 2. The highest BCUT2D eigenvalue weighted by molar-refractivity contribution is 7.86. The van der Waals surface area contributed by atoms with E-state index in [0.717, 1.165) is 0 Å². The van der Waals surface area contributed by atoms with Crippen molar-refractivity contribution < 1.29 is 16.8 Å². The van der Waals surface area contributed by atoms with E-state index in [0.29, 0.717) is 0 Å². The highest BCUT2D eigenvalue weighted by Gasteiger charge is 2.25. The second-order valence-electron chi connectivity index (χ2n) is 2.02. The van der Waals surface area contributed by atoms with Gasteiger partial charge in [0.05, 0.1) is 0 Å². The van der Waals surface area contributed by atoms with E-state index >= 15 is 0 Å². The molecule has 0 aliphatic rings. The Morgan fingerprint density at radius 1 is 1.67 bits per heavy atom. The summed E-state index contributed by atoms with van der Waals surface area (Å²) in [7, 11) is -4.82. The predicted molar refractivity (Wildman–Crippen MR) is 39.2 cm³/mol. The number of aromatic nitrogens is 1. The van der Waals surface area contributed by atoms with Crippen LogP contribution in [0.5, 0.6) is 0 Å². The van der Waals surface area contributed by atoms with Crippen LogP contribution >= 0.6 is 11.6 Å². The topological polar surface area (TPSA) is 60.2 Å². The van der Waals surface area contributed by atoms with Crippen molar-refractivity contribution in [2.45, 2.75) is 18.2 Å². The molecule has 1 aromatic heterocycles. The van der Waals surface area contributed by atoms with Crippen LogP contribution in [0.1, 0.15) is 12.6 Å². The van der Waals surface area contributed by atoms with E-state index < -0.39 is 20.3 Å². The fraction of sp³-hybridized carbons (Fsp3) is 0.400. The molecule has 4 nitrogen and oxygen atoms in total. The summed E-state index contributed by atoms with van der Waals surface area (Å²) in [5, 5.41) is 2.74. The van der Waals surface area contributed by atoms with E-state index in [1.165, 1.54) is 0 Å². The van der Waals surface area contributed by atoms with Crippen molar-refractivity contribution in [3.8, 4) is 0 Å². The van der Waals surface area contributed by atoms with Gasteiger partial charge in [0.1, 0.15) is 5.69 Å². The first-order valence-electron chi connectivity index (χ1n) is 3.05. The fourth-order valence-electron chi connectivity index (χ4n) is 0.753. The number of aryl methyl sites for hydroxylation is 1. The van der Waals surface area contributed by atoms with Crippen molar-refractivity contribution >= 4 is 21.8 Å². The van der Waals surface area contributed by atoms with E-state index in [1.54, 1.807) is 6.92 Å². The van der Waals surface area contributed by atoms with Crippen molar-refractivity contribution in [3.63, 3.8) is 0 Å². The smallest absolute Gasteiger partial charge is 0.338 e. The van der Waals surface area contributed by atoms with Crippen molar-refractivity contribution in [2.24, 2.45) is 0 Å². The molecule has 0 unspecified atom stereocenters. The molecule has 68 valence electrons. The van der Waals surface area contributed by atoms with Gasteiger partial charge in [-0.2, -0.15) is 8.42 Å². The Kier molecular flexibility index (Phi) is 2.39. The molecule has 0 radical (unpaired) electrons. The van der Waals surface area contributed by atoms with Crippen molar-refractivity contribution in [3.05, 3.63) is 10.9 Å². The Morgan fingerprint density at radius 3 is 2.58 bits per heavy atom. The van der Waals surface area contributed by atoms with E-state index in [1.807, 2.05) is 0 Å². The van der Waals surface area contributed by atoms with Gasteiger partial charge < -0.3 is 4.52 Å². The second-order valence-corrected chi connectivity index (χ2v) is 3.65. The lowest BCUT2D eigenvalue weighted by Gasteiger charge is -1.90. The Labute approximate surface area is 73.5 Å². The molecule has 0 aliphatic carbocycles. The molecule has 0 amide bonds. The van der Waals surface area contributed by atoms with Gasteiger partial charge >= 0.3 is 10.2 Å². The first-order valence-corrected chi connectivity index (χ1v) is 4.81. The monoisotopic (exact) mass is 213 g/mol. The van der Waals surface area contributed by atoms with Gasteiger partial charge in [0.25, 0.3) is 0 Å². The summed E-state index contributed by atoms with van der Waals surface area (Å²) in [6, 6.07) is 0. The van der Waals surface area contributed by atoms with Crippen LogP contribution in [0, 0.1) is 0 Å². The minimum Gasteiger partial charge on any atom is -0.343 e. The SMILES string of the molecule is CCc1noc(Cl)c1S(=O)(=O)F. The van der Waals surface area contributed by atoms with Crippen LogP contribution in [0.15, 0.2) is 9.42 Å². The molecule has 0 aromatic carbocycles. The molecule has 0 atom stereocenters. The summed E-state index contributed by atoms with van der Waals surface area (Å²) < 4.78 is 37.6. The number of nitrogens with zero attached hydrogens (tertiary/aromatic N) is 1. The average molecular weight is 214 g/mol. The molecule has 0 aliphatic heterocycles. The van der Waals surface area contributed by atoms with Crippen LogP contribution < -0.4 is 0 Å². The van der Waals surface area contributed by atoms with E-state index in [2.05, 4.69) is 9.68 Å². The van der Waals surface area contributed by atoms with Gasteiger partial charge in [-0.05, 0) is 18.0 Å². The third-order valence-corrected chi connectivity index (χ3v) is 2.53. The molecule has 0 fully saturated rings. The number of hydrogen-bond acceptors (Lipinski definition) is 4. The zero-order valence-corrected chi connectivity index (χ0v) is 7.62. The van der Waals surface area contributed by atoms with Gasteiger partial charge in [-0.15, -0.1) is 3.89 Å². The highest BCUT2D eigenvalue weighted by atomic mass is 35.5. The molecule has 0 spiro atoms. The minimum absolute atomic E-state index is 0.00231. The average Bonchev–Trinajstić information content (AvgIpc) is 2.29. The lowest BCUT2D eigenvalue weighted by atomic mass is 10.3. The van der Waals surface area contributed by atoms with Gasteiger partial charge in [-0.1, -0.05) is 12.1 Å². The Bertz CT molecular complexity index is 385. The number of hydrogen-bond donors (Lipinski definition) is 0. The van der Waals surface area contributed by atoms with Crippen molar-refractivity contribution in [1.82, 2.24) is 5.16 Å². The maximum Gasteiger partial charge on any atom is 0.338 e. The molecular weight excluding hydrogens is 209 g/mol. The Hall–Kier alpha value is -0.620. The quantitative estimate of drug-likeness (QED) is 0.700. The van der Waals surface area contributed by atoms with E-state index in [-0.39, 0.29) is 12.1 Å². The van der Waals surface area contributed by atoms with Crippen LogP contribution in [0.2, 0.25) is 5.22 Å². The maximum atomic E-state index is 12.5. The molecule has 0 saturated carbocycles. The molecule has 0 bridgehead atoms. The normalized spacial score (nSPS) is 11.9. The molecule has 0 saturated heterocycles. The highest BCUT2D eigenvalue weighted by Crippen LogP contribution is 2.26. The van der Waals surface area contributed by atoms with Crippen molar-refractivity contribution in [2.75, 3.05) is 0 Å². The predicted octanol–water partition coefficient (Wildman–Crippen LogP) is 1.55. The fourth-order valence-corrected chi connectivity index (χ4v) is 1.87. The summed E-state index contributed by atoms with van der Waals surface area (Å²) >= 11 is 5.26. The van der Waals surface area contributed by atoms with Gasteiger partial charge in [0.15, 0.2) is 4.90 Å². The zero-order valence-electron chi connectivity index (χ0n) is 6.04. The zero-order chi connectivity index (χ0) is 9.35. The lowest BCUT2D eigenvalue weighted by molar-refractivity contribution is 0.413. The van der Waals surface area contributed by atoms with Crippen LogP contribution in [0.25, 0.3) is 0 Å². The Morgan fingerprint density at radius 2 is 2.25 bits per heavy atom. The minimum atomic E-state index is -4.82. The first kappa shape index (κ1) is 9.47. The standard InChI is InChI=1S/C5H5ClFNO3S/c1-2-3-4(12(7,9)10)5(6)11-8-3/h2H2,1H3. The van der Waals surface area contributed by atoms with Crippen LogP contribution in [0.3, 0.4) is 0 Å². The largest absolute Gasteiger partial charge is 0.343 e. The first-order chi connectivity index (χ1) is 5.46. The molecule has 1 heterocycles. The van der Waals surface area contributed by atoms with Crippen LogP contribution in [0.4, 0.5) is 3.89 Å². The molecular formula is C5H5ClFNO3S. The van der Waals surface area contributed by atoms with Gasteiger partial charge in [0.2, 0.25) is 5.22 Å². The maximum absolute atomic E-state index is 12.5. The molecule has 7 heteroatoms. The third-order valence-electron chi connectivity index (χ3n) is 1.26. The van der Waals surface area contributed by atoms with Crippen LogP contribution in [-0.4, -0.2) is 13.6 Å². The molecule has 1 aromatic rings. The van der Waals surface area contributed by atoms with Crippen molar-refractivity contribution in [1.29, 1.82) is 0 Å². The molecule has 0 N–H and O–H groups in total. The van der Waals surface area contributed by atoms with Gasteiger partial charge in [-0.25, -0.2) is 0 Å². The summed E-state index contributed by atoms with van der Waals surface area (Å²) in [5.74, 6) is 0. The number of rotatable bonds is 2. The summed E-state index contributed by atoms with van der Waals surface area (Å²) in [5.41, 5.74) is 0.00231. The summed E-state index contributed by atoms with van der Waals surface area (Å²) in [4.78, 5) is -0.660. The Balaban J connectivity index is 3.39. The summed E-state index contributed by atoms with van der Waals surface area (Å²) in [6.07, 6.45) is 0.245. The van der Waals surface area contributed by atoms with Gasteiger partial charge in [0, 0.05) is 0 Å². The lowest BCUT2D eigenvalue weighted by Crippen LogP contribution is -1.95. The van der Waals surface area contributed by atoms with Gasteiger partial charge in [-0.3, -0.25) is 0 Å².